The molecule has 30 heavy (non-hydrogen) atoms. The number of hydrogen-bond donors (Lipinski definition) is 4. The molecule has 164 valence electrons. The van der Waals surface area contributed by atoms with Crippen LogP contribution in [-0.4, -0.2) is 36.0 Å². The van der Waals surface area contributed by atoms with E-state index in [0.29, 0.717) is 31.0 Å². The van der Waals surface area contributed by atoms with E-state index in [9.17, 15) is 9.59 Å². The first-order valence-corrected chi connectivity index (χ1v) is 10.5. The SMILES string of the molecule is NC1CCCCC1.NCCCC(N)C(=O)O.O=Cc1ccc(-c2ccccc2)cc1. The number of carbonyl (C=O) groups is 2. The average Bonchev–Trinajstić information content (AvgIpc) is 2.79. The molecule has 0 aliphatic heterocycles. The van der Waals surface area contributed by atoms with Crippen LogP contribution in [0.15, 0.2) is 54.6 Å². The van der Waals surface area contributed by atoms with Gasteiger partial charge in [-0.25, -0.2) is 0 Å². The van der Waals surface area contributed by atoms with Crippen molar-refractivity contribution in [2.75, 3.05) is 6.54 Å². The van der Waals surface area contributed by atoms with E-state index < -0.39 is 12.0 Å². The fourth-order valence-electron chi connectivity index (χ4n) is 2.98. The van der Waals surface area contributed by atoms with E-state index in [1.807, 2.05) is 42.5 Å². The summed E-state index contributed by atoms with van der Waals surface area (Å²) >= 11 is 0. The molecule has 0 heterocycles. The van der Waals surface area contributed by atoms with Gasteiger partial charge in [0.25, 0.3) is 0 Å². The Labute approximate surface area is 179 Å². The van der Waals surface area contributed by atoms with Gasteiger partial charge in [-0.2, -0.15) is 0 Å². The first-order chi connectivity index (χ1) is 14.5. The van der Waals surface area contributed by atoms with E-state index in [0.717, 1.165) is 11.8 Å². The van der Waals surface area contributed by atoms with Crippen LogP contribution in [0.2, 0.25) is 0 Å². The van der Waals surface area contributed by atoms with Crippen molar-refractivity contribution < 1.29 is 14.7 Å². The van der Waals surface area contributed by atoms with Crippen LogP contribution in [0, 0.1) is 0 Å². The highest BCUT2D eigenvalue weighted by Gasteiger charge is 2.09. The minimum Gasteiger partial charge on any atom is -0.480 e. The van der Waals surface area contributed by atoms with Crippen LogP contribution in [0.4, 0.5) is 0 Å². The number of benzene rings is 2. The van der Waals surface area contributed by atoms with Crippen LogP contribution in [0.1, 0.15) is 55.3 Å². The minimum absolute atomic E-state index is 0.464. The number of nitrogens with two attached hydrogens (primary N) is 3. The number of carbonyl (C=O) groups excluding carboxylic acids is 1. The van der Waals surface area contributed by atoms with Gasteiger partial charge in [-0.15, -0.1) is 0 Å². The van der Waals surface area contributed by atoms with E-state index in [1.54, 1.807) is 0 Å². The first kappa shape index (κ1) is 25.5. The second-order valence-electron chi connectivity index (χ2n) is 7.38. The first-order valence-electron chi connectivity index (χ1n) is 10.5. The van der Waals surface area contributed by atoms with Gasteiger partial charge in [0.15, 0.2) is 0 Å². The summed E-state index contributed by atoms with van der Waals surface area (Å²) in [6, 6.07) is 17.5. The third-order valence-electron chi connectivity index (χ3n) is 4.84. The zero-order chi connectivity index (χ0) is 22.2. The lowest BCUT2D eigenvalue weighted by molar-refractivity contribution is -0.138. The van der Waals surface area contributed by atoms with Crippen LogP contribution < -0.4 is 17.2 Å². The summed E-state index contributed by atoms with van der Waals surface area (Å²) in [6.07, 6.45) is 8.66. The summed E-state index contributed by atoms with van der Waals surface area (Å²) in [7, 11) is 0. The van der Waals surface area contributed by atoms with Crippen LogP contribution >= 0.6 is 0 Å². The Morgan fingerprint density at radius 2 is 1.57 bits per heavy atom. The Morgan fingerprint density at radius 3 is 2.00 bits per heavy atom. The molecule has 1 aliphatic rings. The molecule has 1 unspecified atom stereocenters. The number of carboxylic acid groups (broad SMARTS) is 1. The lowest BCUT2D eigenvalue weighted by atomic mass is 9.97. The summed E-state index contributed by atoms with van der Waals surface area (Å²) in [5.41, 5.74) is 18.9. The molecule has 6 heteroatoms. The van der Waals surface area contributed by atoms with Crippen molar-refractivity contribution in [1.82, 2.24) is 0 Å². The molecule has 0 amide bonds. The third-order valence-corrected chi connectivity index (χ3v) is 4.84. The van der Waals surface area contributed by atoms with Crippen LogP contribution in [0.5, 0.6) is 0 Å². The largest absolute Gasteiger partial charge is 0.480 e. The Bertz CT molecular complexity index is 714. The normalized spacial score (nSPS) is 14.4. The summed E-state index contributed by atoms with van der Waals surface area (Å²) in [4.78, 5) is 20.5. The molecular weight excluding hydrogens is 378 g/mol. The van der Waals surface area contributed by atoms with Crippen molar-refractivity contribution in [2.45, 2.75) is 57.0 Å². The maximum absolute atomic E-state index is 10.5. The number of hydrogen-bond acceptors (Lipinski definition) is 5. The van der Waals surface area contributed by atoms with Crippen molar-refractivity contribution in [3.8, 4) is 11.1 Å². The predicted octanol–water partition coefficient (Wildman–Crippen LogP) is 3.58. The second kappa shape index (κ2) is 15.3. The summed E-state index contributed by atoms with van der Waals surface area (Å²) < 4.78 is 0. The molecule has 0 radical (unpaired) electrons. The molecule has 1 aliphatic carbocycles. The molecule has 6 nitrogen and oxygen atoms in total. The molecular formula is C24H35N3O3. The molecule has 1 saturated carbocycles. The van der Waals surface area contributed by atoms with Gasteiger partial charge in [0.1, 0.15) is 12.3 Å². The van der Waals surface area contributed by atoms with Gasteiger partial charge in [-0.3, -0.25) is 9.59 Å². The molecule has 7 N–H and O–H groups in total. The van der Waals surface area contributed by atoms with Gasteiger partial charge in [-0.1, -0.05) is 73.9 Å². The van der Waals surface area contributed by atoms with Gasteiger partial charge in [0.05, 0.1) is 0 Å². The molecule has 0 saturated heterocycles. The zero-order valence-electron chi connectivity index (χ0n) is 17.6. The maximum Gasteiger partial charge on any atom is 0.320 e. The van der Waals surface area contributed by atoms with Gasteiger partial charge in [-0.05, 0) is 43.4 Å². The molecule has 0 spiro atoms. The summed E-state index contributed by atoms with van der Waals surface area (Å²) in [5.74, 6) is -0.955. The molecule has 2 aromatic carbocycles. The Kier molecular flexibility index (Phi) is 13.0. The number of aldehydes is 1. The Hall–Kier alpha value is -2.54. The van der Waals surface area contributed by atoms with Crippen molar-refractivity contribution in [1.29, 1.82) is 0 Å². The maximum atomic E-state index is 10.5. The van der Waals surface area contributed by atoms with Crippen LogP contribution in [0.3, 0.4) is 0 Å². The fraction of sp³-hybridized carbons (Fsp3) is 0.417. The average molecular weight is 414 g/mol. The van der Waals surface area contributed by atoms with E-state index >= 15 is 0 Å². The Balaban J connectivity index is 0.000000243. The van der Waals surface area contributed by atoms with Gasteiger partial charge < -0.3 is 22.3 Å². The monoisotopic (exact) mass is 413 g/mol. The van der Waals surface area contributed by atoms with Crippen molar-refractivity contribution >= 4 is 12.3 Å². The molecule has 2 aromatic rings. The molecule has 0 aromatic heterocycles. The van der Waals surface area contributed by atoms with Gasteiger partial charge in [0, 0.05) is 11.6 Å². The van der Waals surface area contributed by atoms with Crippen LogP contribution in [-0.2, 0) is 4.79 Å². The minimum atomic E-state index is -0.955. The molecule has 1 fully saturated rings. The molecule has 0 bridgehead atoms. The summed E-state index contributed by atoms with van der Waals surface area (Å²) in [5, 5.41) is 8.24. The lowest BCUT2D eigenvalue weighted by Gasteiger charge is -2.15. The number of rotatable bonds is 6. The van der Waals surface area contributed by atoms with Gasteiger partial charge in [0.2, 0.25) is 0 Å². The van der Waals surface area contributed by atoms with Gasteiger partial charge >= 0.3 is 5.97 Å². The predicted molar refractivity (Wildman–Crippen MR) is 122 cm³/mol. The fourth-order valence-corrected chi connectivity index (χ4v) is 2.98. The van der Waals surface area contributed by atoms with E-state index in [2.05, 4.69) is 12.1 Å². The molecule has 3 rings (SSSR count). The standard InChI is InChI=1S/C13H10O.C6H13N.C5H12N2O2/c14-10-11-6-8-13(9-7-11)12-4-2-1-3-5-12;7-6-4-2-1-3-5-6;6-3-1-2-4(7)5(8)9/h1-10H;6H,1-5,7H2;4H,1-3,6-7H2,(H,8,9). The number of aliphatic carboxylic acids is 1. The van der Waals surface area contributed by atoms with Crippen LogP contribution in [0.25, 0.3) is 11.1 Å². The van der Waals surface area contributed by atoms with E-state index in [-0.39, 0.29) is 0 Å². The van der Waals surface area contributed by atoms with Crippen molar-refractivity contribution in [3.05, 3.63) is 60.2 Å². The highest BCUT2D eigenvalue weighted by molar-refractivity contribution is 5.76. The smallest absolute Gasteiger partial charge is 0.320 e. The molecule has 1 atom stereocenters. The Morgan fingerprint density at radius 1 is 1.00 bits per heavy atom. The van der Waals surface area contributed by atoms with E-state index in [1.165, 1.54) is 37.7 Å². The summed E-state index contributed by atoms with van der Waals surface area (Å²) in [6.45, 7) is 0.501. The zero-order valence-corrected chi connectivity index (χ0v) is 17.6. The highest BCUT2D eigenvalue weighted by Crippen LogP contribution is 2.18. The topological polar surface area (TPSA) is 132 Å². The number of carboxylic acids is 1. The second-order valence-corrected chi connectivity index (χ2v) is 7.38. The van der Waals surface area contributed by atoms with E-state index in [4.69, 9.17) is 22.3 Å². The lowest BCUT2D eigenvalue weighted by Crippen LogP contribution is -2.30. The van der Waals surface area contributed by atoms with Crippen molar-refractivity contribution in [2.24, 2.45) is 17.2 Å². The highest BCUT2D eigenvalue weighted by atomic mass is 16.4. The van der Waals surface area contributed by atoms with Crippen molar-refractivity contribution in [3.63, 3.8) is 0 Å². The quantitative estimate of drug-likeness (QED) is 0.535. The third kappa shape index (κ3) is 10.9.